The molecule has 1 heterocycles. The molecule has 0 spiro atoms. The largest absolute Gasteiger partial charge is 0.348 e. The molecule has 0 atom stereocenters. The van der Waals surface area contributed by atoms with Crippen molar-refractivity contribution in [1.82, 2.24) is 9.97 Å². The van der Waals surface area contributed by atoms with E-state index in [0.29, 0.717) is 0 Å². The van der Waals surface area contributed by atoms with Crippen molar-refractivity contribution in [3.63, 3.8) is 0 Å². The highest BCUT2D eigenvalue weighted by Gasteiger charge is 2.22. The lowest BCUT2D eigenvalue weighted by atomic mass is 10.2. The molecule has 1 aromatic heterocycles. The first-order chi connectivity index (χ1) is 9.52. The Morgan fingerprint density at radius 1 is 1.45 bits per heavy atom. The predicted octanol–water partition coefficient (Wildman–Crippen LogP) is 2.79. The van der Waals surface area contributed by atoms with Gasteiger partial charge in [-0.05, 0) is 18.2 Å². The highest BCUT2D eigenvalue weighted by molar-refractivity contribution is 6.31. The van der Waals surface area contributed by atoms with Gasteiger partial charge in [-0.25, -0.2) is 14.4 Å². The van der Waals surface area contributed by atoms with Gasteiger partial charge in [0, 0.05) is 0 Å². The van der Waals surface area contributed by atoms with Crippen molar-refractivity contribution < 1.29 is 9.31 Å². The Kier molecular flexibility index (Phi) is 3.72. The number of hydrogen-bond acceptors (Lipinski definition) is 6. The second-order valence-corrected chi connectivity index (χ2v) is 3.90. The molecule has 0 fully saturated rings. The van der Waals surface area contributed by atoms with Gasteiger partial charge in [-0.15, -0.1) is 0 Å². The summed E-state index contributed by atoms with van der Waals surface area (Å²) in [6.07, 6.45) is 1.03. The second-order valence-electron chi connectivity index (χ2n) is 3.55. The number of hydrogen-bond donors (Lipinski definition) is 1. The number of aromatic nitrogens is 2. The maximum absolute atomic E-state index is 13.0. The lowest BCUT2D eigenvalue weighted by molar-refractivity contribution is -0.384. The number of anilines is 2. The fourth-order valence-electron chi connectivity index (χ4n) is 1.46. The number of halogens is 2. The summed E-state index contributed by atoms with van der Waals surface area (Å²) in [4.78, 5) is 17.4. The van der Waals surface area contributed by atoms with Gasteiger partial charge in [-0.2, -0.15) is 5.26 Å². The van der Waals surface area contributed by atoms with E-state index in [4.69, 9.17) is 16.9 Å². The van der Waals surface area contributed by atoms with Crippen LogP contribution in [0.2, 0.25) is 5.15 Å². The maximum atomic E-state index is 13.0. The fourth-order valence-corrected chi connectivity index (χ4v) is 1.66. The minimum Gasteiger partial charge on any atom is -0.333 e. The molecule has 0 saturated heterocycles. The summed E-state index contributed by atoms with van der Waals surface area (Å²) in [5, 5.41) is 22.1. The Labute approximate surface area is 116 Å². The van der Waals surface area contributed by atoms with Crippen molar-refractivity contribution in [2.45, 2.75) is 0 Å². The van der Waals surface area contributed by atoms with Gasteiger partial charge in [0.15, 0.2) is 0 Å². The normalized spacial score (nSPS) is 9.85. The van der Waals surface area contributed by atoms with Crippen LogP contribution in [0.3, 0.4) is 0 Å². The van der Waals surface area contributed by atoms with Crippen LogP contribution in [0.15, 0.2) is 24.5 Å². The number of nitro groups is 1. The van der Waals surface area contributed by atoms with Crippen LogP contribution < -0.4 is 5.32 Å². The number of benzene rings is 1. The number of nitrogens with zero attached hydrogens (tertiary/aromatic N) is 4. The van der Waals surface area contributed by atoms with E-state index in [0.717, 1.165) is 18.5 Å². The Bertz CT molecular complexity index is 731. The molecule has 0 aliphatic rings. The molecule has 0 aliphatic carbocycles. The predicted molar refractivity (Wildman–Crippen MR) is 68.1 cm³/mol. The molecule has 1 N–H and O–H groups in total. The number of nitrogens with one attached hydrogen (secondary N) is 1. The molecule has 9 heteroatoms. The third-order valence-corrected chi connectivity index (χ3v) is 2.59. The molecule has 100 valence electrons. The van der Waals surface area contributed by atoms with Gasteiger partial charge >= 0.3 is 5.69 Å². The molecule has 0 bridgehead atoms. The van der Waals surface area contributed by atoms with E-state index >= 15 is 0 Å². The summed E-state index contributed by atoms with van der Waals surface area (Å²) in [5.41, 5.74) is -0.372. The van der Waals surface area contributed by atoms with Gasteiger partial charge < -0.3 is 5.32 Å². The first-order valence-corrected chi connectivity index (χ1v) is 5.52. The molecule has 0 aliphatic heterocycles. The van der Waals surface area contributed by atoms with Crippen molar-refractivity contribution in [3.8, 4) is 6.07 Å². The number of nitriles is 1. The summed E-state index contributed by atoms with van der Waals surface area (Å²) in [6.45, 7) is 0. The molecule has 2 rings (SSSR count). The van der Waals surface area contributed by atoms with Gasteiger partial charge in [0.2, 0.25) is 11.0 Å². The van der Waals surface area contributed by atoms with Crippen LogP contribution in [0, 0.1) is 27.3 Å². The summed E-state index contributed by atoms with van der Waals surface area (Å²) < 4.78 is 13.0. The smallest absolute Gasteiger partial charge is 0.333 e. The Hall–Kier alpha value is -2.79. The summed E-state index contributed by atoms with van der Waals surface area (Å²) >= 11 is 5.63. The lowest BCUT2D eigenvalue weighted by Crippen LogP contribution is -2.03. The van der Waals surface area contributed by atoms with Crippen molar-refractivity contribution >= 4 is 28.8 Å². The van der Waals surface area contributed by atoms with E-state index in [1.807, 2.05) is 0 Å². The van der Waals surface area contributed by atoms with E-state index < -0.39 is 16.4 Å². The monoisotopic (exact) mass is 293 g/mol. The fraction of sp³-hybridized carbons (Fsp3) is 0. The molecule has 0 saturated carbocycles. The van der Waals surface area contributed by atoms with Crippen LogP contribution in [-0.2, 0) is 0 Å². The maximum Gasteiger partial charge on any atom is 0.348 e. The highest BCUT2D eigenvalue weighted by Crippen LogP contribution is 2.31. The minimum absolute atomic E-state index is 0.0194. The Morgan fingerprint density at radius 2 is 2.20 bits per heavy atom. The van der Waals surface area contributed by atoms with Gasteiger partial charge in [0.1, 0.15) is 18.2 Å². The van der Waals surface area contributed by atoms with E-state index in [1.54, 1.807) is 6.07 Å². The number of rotatable bonds is 3. The molecule has 1 aromatic carbocycles. The van der Waals surface area contributed by atoms with E-state index in [1.165, 1.54) is 6.07 Å². The van der Waals surface area contributed by atoms with Crippen molar-refractivity contribution in [3.05, 3.63) is 51.2 Å². The highest BCUT2D eigenvalue weighted by atomic mass is 35.5. The van der Waals surface area contributed by atoms with Crippen LogP contribution in [-0.4, -0.2) is 14.9 Å². The molecular formula is C11H5ClFN5O2. The SMILES string of the molecule is N#Cc1cc(F)ccc1Nc1ncnc(Cl)c1[N+](=O)[O-]. The molecule has 7 nitrogen and oxygen atoms in total. The zero-order valence-corrected chi connectivity index (χ0v) is 10.4. The van der Waals surface area contributed by atoms with E-state index in [-0.39, 0.29) is 22.2 Å². The molecule has 20 heavy (non-hydrogen) atoms. The van der Waals surface area contributed by atoms with Gasteiger partial charge in [-0.1, -0.05) is 11.6 Å². The third-order valence-electron chi connectivity index (χ3n) is 2.32. The molecule has 0 unspecified atom stereocenters. The van der Waals surface area contributed by atoms with Crippen molar-refractivity contribution in [2.24, 2.45) is 0 Å². The van der Waals surface area contributed by atoms with Crippen LogP contribution in [0.1, 0.15) is 5.56 Å². The summed E-state index contributed by atoms with van der Waals surface area (Å²) in [5.74, 6) is -0.777. The molecule has 0 amide bonds. The Morgan fingerprint density at radius 3 is 2.85 bits per heavy atom. The van der Waals surface area contributed by atoms with Crippen LogP contribution in [0.4, 0.5) is 21.6 Å². The second kappa shape index (κ2) is 5.46. The molecule has 2 aromatic rings. The first kappa shape index (κ1) is 13.6. The lowest BCUT2D eigenvalue weighted by Gasteiger charge is -2.07. The van der Waals surface area contributed by atoms with Crippen molar-refractivity contribution in [2.75, 3.05) is 5.32 Å². The van der Waals surface area contributed by atoms with Gasteiger partial charge in [0.05, 0.1) is 16.2 Å². The Balaban J connectivity index is 2.49. The zero-order chi connectivity index (χ0) is 14.7. The van der Waals surface area contributed by atoms with Crippen LogP contribution in [0.5, 0.6) is 0 Å². The quantitative estimate of drug-likeness (QED) is 0.530. The molecular weight excluding hydrogens is 289 g/mol. The van der Waals surface area contributed by atoms with Gasteiger partial charge in [-0.3, -0.25) is 10.1 Å². The zero-order valence-electron chi connectivity index (χ0n) is 9.67. The molecule has 0 radical (unpaired) electrons. The average molecular weight is 294 g/mol. The van der Waals surface area contributed by atoms with E-state index in [2.05, 4.69) is 15.3 Å². The topological polar surface area (TPSA) is 105 Å². The van der Waals surface area contributed by atoms with Gasteiger partial charge in [0.25, 0.3) is 0 Å². The minimum atomic E-state index is -0.750. The van der Waals surface area contributed by atoms with Crippen LogP contribution in [0.25, 0.3) is 0 Å². The first-order valence-electron chi connectivity index (χ1n) is 5.14. The van der Waals surface area contributed by atoms with E-state index in [9.17, 15) is 14.5 Å². The standard InChI is InChI=1S/C11H5ClFN5O2/c12-10-9(18(19)20)11(16-5-15-10)17-8-2-1-7(13)3-6(8)4-14/h1-3,5H,(H,15,16,17). The van der Waals surface area contributed by atoms with Crippen LogP contribution >= 0.6 is 11.6 Å². The third kappa shape index (κ3) is 2.62. The summed E-state index contributed by atoms with van der Waals surface area (Å²) in [6, 6.07) is 5.15. The summed E-state index contributed by atoms with van der Waals surface area (Å²) in [7, 11) is 0. The van der Waals surface area contributed by atoms with Crippen molar-refractivity contribution in [1.29, 1.82) is 5.26 Å². The average Bonchev–Trinajstić information content (AvgIpc) is 2.40.